The van der Waals surface area contributed by atoms with Gasteiger partial charge in [0.2, 0.25) is 0 Å². The molecule has 0 aliphatic heterocycles. The highest BCUT2D eigenvalue weighted by Crippen LogP contribution is 2.56. The smallest absolute Gasteiger partial charge is 0.0215 e. The lowest BCUT2D eigenvalue weighted by Gasteiger charge is -2.36. The van der Waals surface area contributed by atoms with Gasteiger partial charge in [0.1, 0.15) is 0 Å². The van der Waals surface area contributed by atoms with Gasteiger partial charge in [-0.2, -0.15) is 0 Å². The van der Waals surface area contributed by atoms with Gasteiger partial charge in [0.15, 0.2) is 0 Å². The molecule has 0 N–H and O–H groups in total. The fourth-order valence-electron chi connectivity index (χ4n) is 7.64. The minimum absolute atomic E-state index is 0.164. The number of hydrogen-bond donors (Lipinski definition) is 0. The summed E-state index contributed by atoms with van der Waals surface area (Å²) in [5, 5.41) is 0. The van der Waals surface area contributed by atoms with E-state index in [-0.39, 0.29) is 16.2 Å². The summed E-state index contributed by atoms with van der Waals surface area (Å²) in [5.74, 6) is 0. The van der Waals surface area contributed by atoms with Gasteiger partial charge in [0.05, 0.1) is 0 Å². The van der Waals surface area contributed by atoms with E-state index in [0.29, 0.717) is 0 Å². The maximum absolute atomic E-state index is 2.70. The maximum Gasteiger partial charge on any atom is 0.0215 e. The monoisotopic (exact) mass is 559 g/mol. The summed E-state index contributed by atoms with van der Waals surface area (Å²) < 4.78 is 0. The number of unbranched alkanes of at least 4 members (excludes halogenated alkanes) is 10. The third-order valence-corrected chi connectivity index (χ3v) is 11.8. The Bertz CT molecular complexity index is 962. The van der Waals surface area contributed by atoms with Gasteiger partial charge in [-0.25, -0.2) is 0 Å². The van der Waals surface area contributed by atoms with Crippen LogP contribution in [-0.4, -0.2) is 0 Å². The molecular weight excluding hydrogens is 492 g/mol. The van der Waals surface area contributed by atoms with Gasteiger partial charge < -0.3 is 0 Å². The van der Waals surface area contributed by atoms with Gasteiger partial charge in [-0.05, 0) is 82.7 Å². The zero-order valence-electron chi connectivity index (χ0n) is 28.7. The Morgan fingerprint density at radius 3 is 1.15 bits per heavy atom. The molecule has 0 saturated heterocycles. The Labute approximate surface area is 256 Å². The molecule has 0 saturated carbocycles. The molecule has 0 unspecified atom stereocenters. The minimum Gasteiger partial charge on any atom is -0.0654 e. The normalized spacial score (nSPS) is 14.3. The number of hydrogen-bond acceptors (Lipinski definition) is 0. The van der Waals surface area contributed by atoms with Crippen LogP contribution < -0.4 is 0 Å². The molecule has 0 bridgehead atoms. The first-order valence-electron chi connectivity index (χ1n) is 18.1. The first-order chi connectivity index (χ1) is 19.8. The molecule has 1 aliphatic carbocycles. The van der Waals surface area contributed by atoms with Crippen LogP contribution >= 0.6 is 0 Å². The van der Waals surface area contributed by atoms with E-state index in [1.165, 1.54) is 127 Å². The molecule has 0 amide bonds. The van der Waals surface area contributed by atoms with Crippen molar-refractivity contribution < 1.29 is 0 Å². The minimum atomic E-state index is 0.164. The second-order valence-electron chi connectivity index (χ2n) is 14.2. The molecule has 41 heavy (non-hydrogen) atoms. The molecule has 0 aromatic heterocycles. The lowest BCUT2D eigenvalue weighted by Crippen LogP contribution is -2.28. The lowest BCUT2D eigenvalue weighted by atomic mass is 9.68. The first-order valence-corrected chi connectivity index (χ1v) is 18.1. The van der Waals surface area contributed by atoms with Crippen molar-refractivity contribution in [3.05, 3.63) is 58.7 Å². The van der Waals surface area contributed by atoms with Crippen molar-refractivity contribution in [3.63, 3.8) is 0 Å². The molecule has 2 aromatic rings. The van der Waals surface area contributed by atoms with Gasteiger partial charge >= 0.3 is 0 Å². The van der Waals surface area contributed by atoms with Crippen LogP contribution in [0.2, 0.25) is 0 Å². The molecule has 2 aromatic carbocycles. The van der Waals surface area contributed by atoms with Crippen LogP contribution in [0.1, 0.15) is 193 Å². The molecule has 0 nitrogen and oxygen atoms in total. The molecule has 0 heterocycles. The quantitative estimate of drug-likeness (QED) is 0.142. The fraction of sp³-hybridized carbons (Fsp3) is 0.707. The van der Waals surface area contributed by atoms with Crippen LogP contribution in [0, 0.1) is 0 Å². The largest absolute Gasteiger partial charge is 0.0654 e. The highest BCUT2D eigenvalue weighted by molar-refractivity contribution is 5.82. The van der Waals surface area contributed by atoms with Gasteiger partial charge in [-0.15, -0.1) is 0 Å². The zero-order chi connectivity index (χ0) is 29.9. The third-order valence-electron chi connectivity index (χ3n) is 11.8. The van der Waals surface area contributed by atoms with Gasteiger partial charge in [-0.3, -0.25) is 0 Å². The third kappa shape index (κ3) is 7.51. The number of benzene rings is 2. The van der Waals surface area contributed by atoms with Crippen LogP contribution in [0.3, 0.4) is 0 Å². The van der Waals surface area contributed by atoms with E-state index in [9.17, 15) is 0 Å². The molecule has 0 radical (unpaired) electrons. The van der Waals surface area contributed by atoms with Crippen LogP contribution in [0.25, 0.3) is 11.1 Å². The van der Waals surface area contributed by atoms with E-state index in [0.717, 1.165) is 0 Å². The van der Waals surface area contributed by atoms with Crippen molar-refractivity contribution in [1.82, 2.24) is 0 Å². The summed E-state index contributed by atoms with van der Waals surface area (Å²) in [6.45, 7) is 19.2. The second kappa shape index (κ2) is 15.8. The predicted molar refractivity (Wildman–Crippen MR) is 185 cm³/mol. The van der Waals surface area contributed by atoms with Crippen molar-refractivity contribution in [2.24, 2.45) is 0 Å². The second-order valence-corrected chi connectivity index (χ2v) is 14.2. The Balaban J connectivity index is 2.12. The van der Waals surface area contributed by atoms with E-state index in [4.69, 9.17) is 0 Å². The van der Waals surface area contributed by atoms with Crippen LogP contribution in [0.4, 0.5) is 0 Å². The standard InChI is InChI=1S/C41H66/c1-9-15-17-19-21-23-29-41(30-24-22-20-18-16-10-2)37-31-33(39(7,11-3)12-4)25-27-35(37)36-28-26-34(32-38(36)41)40(8,13-5)14-6/h25-28,31-32H,9-24,29-30H2,1-8H3. The Kier molecular flexibility index (Phi) is 13.1. The molecule has 0 atom stereocenters. The topological polar surface area (TPSA) is 0 Å². The van der Waals surface area contributed by atoms with E-state index in [1.807, 2.05) is 0 Å². The molecule has 1 aliphatic rings. The average molecular weight is 559 g/mol. The predicted octanol–water partition coefficient (Wildman–Crippen LogP) is 13.6. The maximum atomic E-state index is 2.70. The highest BCUT2D eigenvalue weighted by Gasteiger charge is 2.43. The molecule has 3 rings (SSSR count). The van der Waals surface area contributed by atoms with Crippen molar-refractivity contribution in [1.29, 1.82) is 0 Å². The molecule has 0 heteroatoms. The van der Waals surface area contributed by atoms with Crippen LogP contribution in [0.5, 0.6) is 0 Å². The molecule has 0 fully saturated rings. The summed E-state index contributed by atoms with van der Waals surface area (Å²) in [6.07, 6.45) is 23.9. The van der Waals surface area contributed by atoms with Crippen LogP contribution in [0.15, 0.2) is 36.4 Å². The van der Waals surface area contributed by atoms with E-state index < -0.39 is 0 Å². The SMILES string of the molecule is CCCCCCCCC1(CCCCCCCC)c2cc(C(C)(CC)CC)ccc2-c2ccc(C(C)(CC)CC)cc21. The van der Waals surface area contributed by atoms with Crippen LogP contribution in [-0.2, 0) is 16.2 Å². The van der Waals surface area contributed by atoms with Gasteiger partial charge in [-0.1, -0.05) is 169 Å². The molecule has 0 spiro atoms. The Morgan fingerprint density at radius 1 is 0.463 bits per heavy atom. The zero-order valence-corrected chi connectivity index (χ0v) is 28.7. The van der Waals surface area contributed by atoms with Gasteiger partial charge in [0.25, 0.3) is 0 Å². The van der Waals surface area contributed by atoms with Gasteiger partial charge in [0, 0.05) is 5.41 Å². The highest BCUT2D eigenvalue weighted by atomic mass is 14.5. The van der Waals surface area contributed by atoms with E-state index in [2.05, 4.69) is 91.8 Å². The van der Waals surface area contributed by atoms with E-state index >= 15 is 0 Å². The number of fused-ring (bicyclic) bond motifs is 3. The van der Waals surface area contributed by atoms with Crippen molar-refractivity contribution >= 4 is 0 Å². The van der Waals surface area contributed by atoms with E-state index in [1.54, 1.807) is 22.3 Å². The first kappa shape index (κ1) is 33.9. The Hall–Kier alpha value is -1.56. The number of rotatable bonds is 20. The van der Waals surface area contributed by atoms with Crippen molar-refractivity contribution in [2.75, 3.05) is 0 Å². The summed E-state index contributed by atoms with van der Waals surface area (Å²) in [5.41, 5.74) is 10.2. The van der Waals surface area contributed by atoms with Crippen molar-refractivity contribution in [2.45, 2.75) is 187 Å². The summed E-state index contributed by atoms with van der Waals surface area (Å²) in [6, 6.07) is 15.4. The Morgan fingerprint density at radius 2 is 0.805 bits per heavy atom. The summed E-state index contributed by atoms with van der Waals surface area (Å²) in [7, 11) is 0. The van der Waals surface area contributed by atoms with Crippen molar-refractivity contribution in [3.8, 4) is 11.1 Å². The summed E-state index contributed by atoms with van der Waals surface area (Å²) in [4.78, 5) is 0. The molecule has 230 valence electrons. The lowest BCUT2D eigenvalue weighted by molar-refractivity contribution is 0.392. The molecular formula is C41H66. The summed E-state index contributed by atoms with van der Waals surface area (Å²) >= 11 is 0. The fourth-order valence-corrected chi connectivity index (χ4v) is 7.64. The average Bonchev–Trinajstić information content (AvgIpc) is 3.28.